The maximum absolute atomic E-state index is 6.27. The summed E-state index contributed by atoms with van der Waals surface area (Å²) in [5.74, 6) is 1.72. The monoisotopic (exact) mass is 615 g/mol. The number of nitrogens with zero attached hydrogens (tertiary/aromatic N) is 1. The molecule has 2 nitrogen and oxygen atoms in total. The number of fused-ring (bicyclic) bond motifs is 11. The first kappa shape index (κ1) is 27.3. The zero-order valence-corrected chi connectivity index (χ0v) is 26.9. The molecule has 0 fully saturated rings. The number of hydrogen-bond acceptors (Lipinski definition) is 2. The second-order valence-electron chi connectivity index (χ2n) is 13.7. The van der Waals surface area contributed by atoms with Crippen molar-refractivity contribution in [3.05, 3.63) is 197 Å². The third-order valence-corrected chi connectivity index (χ3v) is 10.9. The fourth-order valence-electron chi connectivity index (χ4n) is 8.83. The van der Waals surface area contributed by atoms with Crippen molar-refractivity contribution in [1.29, 1.82) is 0 Å². The summed E-state index contributed by atoms with van der Waals surface area (Å²) in [5, 5.41) is 0. The second-order valence-corrected chi connectivity index (χ2v) is 13.7. The second kappa shape index (κ2) is 9.82. The molecule has 1 heterocycles. The smallest absolute Gasteiger partial charge is 0.151 e. The predicted octanol–water partition coefficient (Wildman–Crippen LogP) is 11.9. The molecule has 0 saturated heterocycles. The molecule has 3 aliphatic rings. The van der Waals surface area contributed by atoms with Crippen LogP contribution in [0.3, 0.4) is 0 Å². The van der Waals surface area contributed by atoms with Crippen molar-refractivity contribution in [2.45, 2.75) is 24.7 Å². The average molecular weight is 616 g/mol. The van der Waals surface area contributed by atoms with E-state index in [1.807, 2.05) is 24.3 Å². The fraction of sp³-hybridized carbons (Fsp3) is 0.0870. The van der Waals surface area contributed by atoms with Gasteiger partial charge in [0, 0.05) is 11.1 Å². The zero-order chi connectivity index (χ0) is 32.0. The van der Waals surface area contributed by atoms with Gasteiger partial charge in [-0.1, -0.05) is 135 Å². The standard InChI is InChI=1S/C46H33NO/c1-45(2)36-15-5-7-17-38(36)46(39-18-8-6-16-37(39)45)35-14-4-3-13-33(35)34-28-25-31(29-40(34)46)30-23-26-32(27-24-30)47-41-19-9-11-21-43(41)48-44-22-12-10-20-42(44)47/h3-29H,1-2H3. The molecule has 0 atom stereocenters. The molecule has 0 aromatic heterocycles. The van der Waals surface area contributed by atoms with Crippen molar-refractivity contribution in [1.82, 2.24) is 0 Å². The van der Waals surface area contributed by atoms with Gasteiger partial charge in [0.05, 0.1) is 16.8 Å². The summed E-state index contributed by atoms with van der Waals surface area (Å²) >= 11 is 0. The van der Waals surface area contributed by atoms with Crippen molar-refractivity contribution in [2.24, 2.45) is 0 Å². The predicted molar refractivity (Wildman–Crippen MR) is 196 cm³/mol. The van der Waals surface area contributed by atoms with E-state index in [1.165, 1.54) is 55.6 Å². The molecule has 228 valence electrons. The molecule has 0 saturated carbocycles. The topological polar surface area (TPSA) is 12.5 Å². The Balaban J connectivity index is 1.16. The van der Waals surface area contributed by atoms with Gasteiger partial charge in [0.25, 0.3) is 0 Å². The summed E-state index contributed by atoms with van der Waals surface area (Å²) in [6, 6.07) is 59.9. The van der Waals surface area contributed by atoms with Crippen LogP contribution in [0.25, 0.3) is 22.3 Å². The molecular formula is C46H33NO. The minimum absolute atomic E-state index is 0.111. The van der Waals surface area contributed by atoms with E-state index in [-0.39, 0.29) is 5.41 Å². The van der Waals surface area contributed by atoms with Gasteiger partial charge >= 0.3 is 0 Å². The number of hydrogen-bond donors (Lipinski definition) is 0. The summed E-state index contributed by atoms with van der Waals surface area (Å²) in [7, 11) is 0. The molecule has 0 unspecified atom stereocenters. The van der Waals surface area contributed by atoms with Gasteiger partial charge in [0.15, 0.2) is 11.5 Å². The molecule has 0 radical (unpaired) electrons. The van der Waals surface area contributed by atoms with E-state index in [0.29, 0.717) is 0 Å². The molecule has 0 bridgehead atoms. The summed E-state index contributed by atoms with van der Waals surface area (Å²) in [6.45, 7) is 4.76. The molecule has 0 N–H and O–H groups in total. The van der Waals surface area contributed by atoms with E-state index < -0.39 is 5.41 Å². The zero-order valence-electron chi connectivity index (χ0n) is 26.9. The third-order valence-electron chi connectivity index (χ3n) is 10.9. The quantitative estimate of drug-likeness (QED) is 0.192. The Labute approximate surface area is 281 Å². The van der Waals surface area contributed by atoms with E-state index in [1.54, 1.807) is 0 Å². The highest BCUT2D eigenvalue weighted by Gasteiger charge is 2.53. The lowest BCUT2D eigenvalue weighted by atomic mass is 9.55. The summed E-state index contributed by atoms with van der Waals surface area (Å²) in [4.78, 5) is 2.30. The van der Waals surface area contributed by atoms with Gasteiger partial charge < -0.3 is 9.64 Å². The molecule has 1 aliphatic heterocycles. The SMILES string of the molecule is CC1(C)c2ccccc2C2(c3ccccc3-c3ccc(-c4ccc(N5c6ccccc6Oc6ccccc65)cc4)cc32)c2ccccc21. The summed E-state index contributed by atoms with van der Waals surface area (Å²) in [5.41, 5.74) is 16.0. The van der Waals surface area contributed by atoms with E-state index >= 15 is 0 Å². The van der Waals surface area contributed by atoms with Crippen LogP contribution in [0.5, 0.6) is 11.5 Å². The molecule has 1 spiro atoms. The van der Waals surface area contributed by atoms with Gasteiger partial charge in [-0.15, -0.1) is 0 Å². The molecular weight excluding hydrogens is 583 g/mol. The van der Waals surface area contributed by atoms with Crippen molar-refractivity contribution in [3.63, 3.8) is 0 Å². The first-order valence-electron chi connectivity index (χ1n) is 16.8. The van der Waals surface area contributed by atoms with Gasteiger partial charge in [0.2, 0.25) is 0 Å². The number of ether oxygens (including phenoxy) is 1. The molecule has 48 heavy (non-hydrogen) atoms. The van der Waals surface area contributed by atoms with Crippen LogP contribution in [0.15, 0.2) is 164 Å². The Bertz CT molecular complexity index is 2320. The fourth-order valence-corrected chi connectivity index (χ4v) is 8.83. The van der Waals surface area contributed by atoms with Gasteiger partial charge in [-0.25, -0.2) is 0 Å². The Morgan fingerprint density at radius 2 is 0.896 bits per heavy atom. The van der Waals surface area contributed by atoms with Crippen molar-refractivity contribution in [3.8, 4) is 33.8 Å². The Hall–Kier alpha value is -5.86. The molecule has 10 rings (SSSR count). The molecule has 7 aromatic carbocycles. The third kappa shape index (κ3) is 3.52. The van der Waals surface area contributed by atoms with Crippen LogP contribution in [0.4, 0.5) is 17.1 Å². The number of benzene rings is 7. The highest BCUT2D eigenvalue weighted by Crippen LogP contribution is 2.62. The number of anilines is 3. The number of para-hydroxylation sites is 4. The lowest BCUT2D eigenvalue weighted by molar-refractivity contribution is 0.477. The molecule has 7 aromatic rings. The Morgan fingerprint density at radius 3 is 1.52 bits per heavy atom. The van der Waals surface area contributed by atoms with Crippen LogP contribution < -0.4 is 9.64 Å². The van der Waals surface area contributed by atoms with Crippen LogP contribution in [0, 0.1) is 0 Å². The van der Waals surface area contributed by atoms with Gasteiger partial charge in [-0.05, 0) is 98.1 Å². The van der Waals surface area contributed by atoms with Crippen molar-refractivity contribution in [2.75, 3.05) is 4.90 Å². The van der Waals surface area contributed by atoms with Crippen LogP contribution in [-0.2, 0) is 10.8 Å². The maximum Gasteiger partial charge on any atom is 0.151 e. The first-order chi connectivity index (χ1) is 23.6. The molecule has 0 amide bonds. The lowest BCUT2D eigenvalue weighted by Gasteiger charge is -2.46. The van der Waals surface area contributed by atoms with Crippen LogP contribution in [-0.4, -0.2) is 0 Å². The number of rotatable bonds is 2. The van der Waals surface area contributed by atoms with Gasteiger partial charge in [-0.2, -0.15) is 0 Å². The van der Waals surface area contributed by atoms with Gasteiger partial charge in [0.1, 0.15) is 0 Å². The van der Waals surface area contributed by atoms with Crippen LogP contribution in [0.2, 0.25) is 0 Å². The van der Waals surface area contributed by atoms with Crippen LogP contribution >= 0.6 is 0 Å². The Kier molecular flexibility index (Phi) is 5.58. The normalized spacial score (nSPS) is 15.3. The van der Waals surface area contributed by atoms with E-state index in [2.05, 4.69) is 158 Å². The largest absolute Gasteiger partial charge is 0.453 e. The van der Waals surface area contributed by atoms with Crippen molar-refractivity contribution >= 4 is 17.1 Å². The summed E-state index contributed by atoms with van der Waals surface area (Å²) < 4.78 is 6.27. The maximum atomic E-state index is 6.27. The molecule has 2 heteroatoms. The lowest BCUT2D eigenvalue weighted by Crippen LogP contribution is -2.40. The average Bonchev–Trinajstić information content (AvgIpc) is 3.43. The molecule has 2 aliphatic carbocycles. The highest BCUT2D eigenvalue weighted by molar-refractivity contribution is 5.91. The van der Waals surface area contributed by atoms with E-state index in [0.717, 1.165) is 28.6 Å². The first-order valence-corrected chi connectivity index (χ1v) is 16.8. The van der Waals surface area contributed by atoms with Crippen molar-refractivity contribution < 1.29 is 4.74 Å². The van der Waals surface area contributed by atoms with E-state index in [9.17, 15) is 0 Å². The minimum atomic E-state index is -0.397. The van der Waals surface area contributed by atoms with Gasteiger partial charge in [-0.3, -0.25) is 0 Å². The summed E-state index contributed by atoms with van der Waals surface area (Å²) in [6.07, 6.45) is 0. The Morgan fingerprint density at radius 1 is 0.417 bits per heavy atom. The highest BCUT2D eigenvalue weighted by atomic mass is 16.5. The van der Waals surface area contributed by atoms with Crippen LogP contribution in [0.1, 0.15) is 47.2 Å². The van der Waals surface area contributed by atoms with E-state index in [4.69, 9.17) is 4.74 Å². The minimum Gasteiger partial charge on any atom is -0.453 e.